The molecule has 0 heterocycles. The van der Waals surface area contributed by atoms with Crippen LogP contribution in [-0.2, 0) is 14.6 Å². The minimum atomic E-state index is -4.84. The van der Waals surface area contributed by atoms with Crippen LogP contribution in [0.1, 0.15) is 5.56 Å². The zero-order chi connectivity index (χ0) is 18.6. The van der Waals surface area contributed by atoms with Gasteiger partial charge in [0.25, 0.3) is 0 Å². The van der Waals surface area contributed by atoms with Crippen LogP contribution in [0.25, 0.3) is 6.08 Å². The van der Waals surface area contributed by atoms with Gasteiger partial charge >= 0.3 is 5.76 Å². The Hall–Kier alpha value is -1.96. The number of carbonyl (C=O) groups excluding carboxylic acids is 1. The predicted molar refractivity (Wildman–Crippen MR) is 93.8 cm³/mol. The molecule has 0 saturated carbocycles. The van der Waals surface area contributed by atoms with Gasteiger partial charge in [-0.1, -0.05) is 47.5 Å². The molecule has 0 spiro atoms. The van der Waals surface area contributed by atoms with E-state index in [1.54, 1.807) is 18.2 Å². The number of benzene rings is 2. The molecule has 2 aromatic rings. The van der Waals surface area contributed by atoms with Gasteiger partial charge in [0.2, 0.25) is 15.7 Å². The van der Waals surface area contributed by atoms with Crippen LogP contribution >= 0.6 is 23.2 Å². The summed E-state index contributed by atoms with van der Waals surface area (Å²) in [6, 6.07) is 9.74. The first-order valence-corrected chi connectivity index (χ1v) is 9.08. The molecule has 0 fully saturated rings. The van der Waals surface area contributed by atoms with E-state index in [-0.39, 0.29) is 10.7 Å². The van der Waals surface area contributed by atoms with Gasteiger partial charge in [0.05, 0.1) is 20.6 Å². The summed E-state index contributed by atoms with van der Waals surface area (Å²) in [6.07, 6.45) is 2.46. The minimum Gasteiger partial charge on any atom is -0.321 e. The van der Waals surface area contributed by atoms with Crippen LogP contribution in [0, 0.1) is 0 Å². The molecule has 2 aromatic carbocycles. The van der Waals surface area contributed by atoms with Gasteiger partial charge in [0, 0.05) is 6.08 Å². The maximum Gasteiger partial charge on any atom is 0.341 e. The molecule has 0 aromatic heterocycles. The Balaban J connectivity index is 2.25. The maximum absolute atomic E-state index is 12.7. The minimum absolute atomic E-state index is 0.241. The normalized spacial score (nSPS) is 11.9. The van der Waals surface area contributed by atoms with Crippen LogP contribution in [0.4, 0.5) is 14.5 Å². The average Bonchev–Trinajstić information content (AvgIpc) is 2.56. The SMILES string of the molecule is O=C(C=Cc1cccc(Cl)c1Cl)Nc1ccccc1S(=O)(=O)C(F)F. The molecule has 0 bridgehead atoms. The van der Waals surface area contributed by atoms with E-state index < -0.39 is 26.4 Å². The van der Waals surface area contributed by atoms with Gasteiger partial charge in [-0.3, -0.25) is 4.79 Å². The van der Waals surface area contributed by atoms with Crippen LogP contribution in [0.2, 0.25) is 10.0 Å². The van der Waals surface area contributed by atoms with Crippen molar-refractivity contribution in [3.63, 3.8) is 0 Å². The van der Waals surface area contributed by atoms with E-state index in [1.807, 2.05) is 0 Å². The van der Waals surface area contributed by atoms with Gasteiger partial charge < -0.3 is 5.32 Å². The lowest BCUT2D eigenvalue weighted by molar-refractivity contribution is -0.111. The molecule has 0 aliphatic rings. The van der Waals surface area contributed by atoms with Crippen molar-refractivity contribution in [1.82, 2.24) is 0 Å². The number of hydrogen-bond donors (Lipinski definition) is 1. The molecule has 25 heavy (non-hydrogen) atoms. The third-order valence-corrected chi connectivity index (χ3v) is 5.35. The standard InChI is InChI=1S/C16H11Cl2F2NO3S/c17-11-5-3-4-10(15(11)18)8-9-14(22)21-12-6-1-2-7-13(12)25(23,24)16(19)20/h1-9,16H,(H,21,22). The van der Waals surface area contributed by atoms with Crippen molar-refractivity contribution in [2.45, 2.75) is 10.7 Å². The van der Waals surface area contributed by atoms with E-state index in [0.29, 0.717) is 10.6 Å². The molecule has 0 aliphatic carbocycles. The van der Waals surface area contributed by atoms with E-state index in [0.717, 1.165) is 12.1 Å². The zero-order valence-corrected chi connectivity index (χ0v) is 14.7. The largest absolute Gasteiger partial charge is 0.341 e. The first kappa shape index (κ1) is 19.4. The van der Waals surface area contributed by atoms with E-state index in [1.165, 1.54) is 24.3 Å². The number of amides is 1. The fraction of sp³-hybridized carbons (Fsp3) is 0.0625. The number of carbonyl (C=O) groups is 1. The lowest BCUT2D eigenvalue weighted by Gasteiger charge is -2.10. The molecule has 0 radical (unpaired) electrons. The van der Waals surface area contributed by atoms with Crippen molar-refractivity contribution in [2.24, 2.45) is 0 Å². The van der Waals surface area contributed by atoms with Crippen molar-refractivity contribution in [3.05, 3.63) is 64.1 Å². The molecule has 4 nitrogen and oxygen atoms in total. The Morgan fingerprint density at radius 3 is 2.44 bits per heavy atom. The number of halogens is 4. The van der Waals surface area contributed by atoms with E-state index >= 15 is 0 Å². The smallest absolute Gasteiger partial charge is 0.321 e. The Morgan fingerprint density at radius 1 is 1.08 bits per heavy atom. The van der Waals surface area contributed by atoms with Crippen LogP contribution < -0.4 is 5.32 Å². The molecule has 0 saturated heterocycles. The van der Waals surface area contributed by atoms with E-state index in [9.17, 15) is 22.0 Å². The third kappa shape index (κ3) is 4.56. The van der Waals surface area contributed by atoms with Gasteiger partial charge in [0.1, 0.15) is 0 Å². The highest BCUT2D eigenvalue weighted by Crippen LogP contribution is 2.27. The summed E-state index contributed by atoms with van der Waals surface area (Å²) in [6.45, 7) is 0. The lowest BCUT2D eigenvalue weighted by atomic mass is 10.2. The second-order valence-electron chi connectivity index (χ2n) is 4.77. The van der Waals surface area contributed by atoms with Gasteiger partial charge in [-0.25, -0.2) is 8.42 Å². The molecule has 1 amide bonds. The van der Waals surface area contributed by atoms with E-state index in [2.05, 4.69) is 5.32 Å². The van der Waals surface area contributed by atoms with Gasteiger partial charge in [-0.2, -0.15) is 8.78 Å². The Bertz CT molecular complexity index is 931. The number of hydrogen-bond acceptors (Lipinski definition) is 3. The third-order valence-electron chi connectivity index (χ3n) is 3.08. The summed E-state index contributed by atoms with van der Waals surface area (Å²) in [4.78, 5) is 11.3. The van der Waals surface area contributed by atoms with Crippen molar-refractivity contribution in [2.75, 3.05) is 5.32 Å². The number of nitrogens with one attached hydrogen (secondary N) is 1. The predicted octanol–water partition coefficient (Wildman–Crippen LogP) is 4.64. The van der Waals surface area contributed by atoms with Crippen molar-refractivity contribution < 1.29 is 22.0 Å². The van der Waals surface area contributed by atoms with Gasteiger partial charge in [0.15, 0.2) is 0 Å². The Labute approximate surface area is 153 Å². The first-order chi connectivity index (χ1) is 11.7. The molecule has 0 unspecified atom stereocenters. The Kier molecular flexibility index (Phi) is 6.16. The summed E-state index contributed by atoms with van der Waals surface area (Å²) >= 11 is 11.8. The van der Waals surface area contributed by atoms with Crippen LogP contribution in [-0.4, -0.2) is 20.1 Å². The van der Waals surface area contributed by atoms with Crippen LogP contribution in [0.15, 0.2) is 53.4 Å². The number of rotatable bonds is 5. The molecule has 9 heteroatoms. The highest BCUT2D eigenvalue weighted by atomic mass is 35.5. The monoisotopic (exact) mass is 405 g/mol. The Morgan fingerprint density at radius 2 is 1.76 bits per heavy atom. The first-order valence-electron chi connectivity index (χ1n) is 6.77. The van der Waals surface area contributed by atoms with Crippen molar-refractivity contribution in [3.8, 4) is 0 Å². The fourth-order valence-corrected chi connectivity index (χ4v) is 3.16. The molecule has 0 aliphatic heterocycles. The number of para-hydroxylation sites is 1. The molecule has 1 N–H and O–H groups in total. The quantitative estimate of drug-likeness (QED) is 0.736. The van der Waals surface area contributed by atoms with Crippen LogP contribution in [0.5, 0.6) is 0 Å². The molecular formula is C16H11Cl2F2NO3S. The summed E-state index contributed by atoms with van der Waals surface area (Å²) in [5, 5.41) is 2.81. The number of anilines is 1. The highest BCUT2D eigenvalue weighted by molar-refractivity contribution is 7.91. The van der Waals surface area contributed by atoms with Crippen molar-refractivity contribution >= 4 is 50.7 Å². The van der Waals surface area contributed by atoms with Gasteiger partial charge in [-0.05, 0) is 29.8 Å². The van der Waals surface area contributed by atoms with E-state index in [4.69, 9.17) is 23.2 Å². The van der Waals surface area contributed by atoms with Gasteiger partial charge in [-0.15, -0.1) is 0 Å². The summed E-state index contributed by atoms with van der Waals surface area (Å²) in [5.41, 5.74) is 0.229. The number of alkyl halides is 2. The molecule has 0 atom stereocenters. The molecule has 2 rings (SSSR count). The molecule has 132 valence electrons. The number of sulfone groups is 1. The maximum atomic E-state index is 12.7. The van der Waals surface area contributed by atoms with Crippen LogP contribution in [0.3, 0.4) is 0 Å². The zero-order valence-electron chi connectivity index (χ0n) is 12.4. The summed E-state index contributed by atoms with van der Waals surface area (Å²) in [7, 11) is -4.84. The fourth-order valence-electron chi connectivity index (χ4n) is 1.90. The second kappa shape index (κ2) is 7.95. The summed E-state index contributed by atoms with van der Waals surface area (Å²) < 4.78 is 48.7. The van der Waals surface area contributed by atoms with Crippen molar-refractivity contribution in [1.29, 1.82) is 0 Å². The summed E-state index contributed by atoms with van der Waals surface area (Å²) in [5.74, 6) is -4.31. The topological polar surface area (TPSA) is 63.2 Å². The highest BCUT2D eigenvalue weighted by Gasteiger charge is 2.29. The molecular weight excluding hydrogens is 395 g/mol. The second-order valence-corrected chi connectivity index (χ2v) is 7.44. The lowest BCUT2D eigenvalue weighted by Crippen LogP contribution is -2.16. The average molecular weight is 406 g/mol.